The van der Waals surface area contributed by atoms with E-state index in [0.29, 0.717) is 25.4 Å². The molecule has 0 N–H and O–H groups in total. The van der Waals surface area contributed by atoms with Gasteiger partial charge in [0.15, 0.2) is 0 Å². The Hall–Kier alpha value is -2.11. The molecule has 2 aromatic carbocycles. The number of rotatable bonds is 5. The van der Waals surface area contributed by atoms with Crippen molar-refractivity contribution in [2.45, 2.75) is 25.2 Å². The molecular formula is C22H26N2O2S. The Morgan fingerprint density at radius 2 is 1.63 bits per heavy atom. The zero-order valence-electron chi connectivity index (χ0n) is 15.7. The minimum Gasteiger partial charge on any atom is -0.347 e. The van der Waals surface area contributed by atoms with Gasteiger partial charge in [0.2, 0.25) is 10.0 Å². The van der Waals surface area contributed by atoms with Crippen molar-refractivity contribution in [1.82, 2.24) is 8.87 Å². The molecule has 3 aromatic rings. The van der Waals surface area contributed by atoms with Gasteiger partial charge in [0.1, 0.15) is 0 Å². The van der Waals surface area contributed by atoms with Crippen LogP contribution in [0.3, 0.4) is 0 Å². The van der Waals surface area contributed by atoms with Gasteiger partial charge in [0.25, 0.3) is 0 Å². The molecular weight excluding hydrogens is 356 g/mol. The van der Waals surface area contributed by atoms with Gasteiger partial charge in [0.05, 0.1) is 5.75 Å². The third-order valence-electron chi connectivity index (χ3n) is 5.75. The third kappa shape index (κ3) is 3.80. The normalized spacial score (nSPS) is 16.8. The molecule has 4 rings (SSSR count). The summed E-state index contributed by atoms with van der Waals surface area (Å²) in [6.45, 7) is 1.23. The molecule has 1 saturated heterocycles. The van der Waals surface area contributed by atoms with Crippen molar-refractivity contribution in [1.29, 1.82) is 0 Å². The predicted octanol–water partition coefficient (Wildman–Crippen LogP) is 3.93. The molecule has 0 radical (unpaired) electrons. The van der Waals surface area contributed by atoms with Crippen molar-refractivity contribution >= 4 is 20.9 Å². The van der Waals surface area contributed by atoms with E-state index in [1.54, 1.807) is 4.31 Å². The summed E-state index contributed by atoms with van der Waals surface area (Å²) in [7, 11) is -1.08. The number of para-hydroxylation sites is 1. The van der Waals surface area contributed by atoms with Crippen LogP contribution in [0.25, 0.3) is 10.9 Å². The van der Waals surface area contributed by atoms with Crippen LogP contribution in [0.2, 0.25) is 0 Å². The van der Waals surface area contributed by atoms with Crippen LogP contribution < -0.4 is 0 Å². The van der Waals surface area contributed by atoms with Crippen LogP contribution in [0.4, 0.5) is 0 Å². The van der Waals surface area contributed by atoms with Crippen LogP contribution in [0.5, 0.6) is 0 Å². The number of aromatic nitrogens is 1. The average Bonchev–Trinajstić information content (AvgIpc) is 3.04. The number of sulfonamides is 1. The lowest BCUT2D eigenvalue weighted by Gasteiger charge is -2.31. The molecule has 5 heteroatoms. The zero-order chi connectivity index (χ0) is 18.9. The highest BCUT2D eigenvalue weighted by Gasteiger charge is 2.29. The Kier molecular flexibility index (Phi) is 5.06. The molecule has 4 nitrogen and oxygen atoms in total. The lowest BCUT2D eigenvalue weighted by atomic mass is 9.94. The van der Waals surface area contributed by atoms with E-state index in [-0.39, 0.29) is 5.75 Å². The second-order valence-electron chi connectivity index (χ2n) is 7.41. The standard InChI is InChI=1S/C22H26N2O2S/c1-23-21-10-6-5-9-20(21)17-22(23)19-11-14-24(15-12-19)27(25,26)16-13-18-7-3-2-4-8-18/h2-10,17,19H,11-16H2,1H3. The number of fused-ring (bicyclic) bond motifs is 1. The van der Waals surface area contributed by atoms with E-state index < -0.39 is 10.0 Å². The third-order valence-corrected chi connectivity index (χ3v) is 7.62. The Morgan fingerprint density at radius 1 is 0.963 bits per heavy atom. The fourth-order valence-corrected chi connectivity index (χ4v) is 5.67. The number of nitrogens with zero attached hydrogens (tertiary/aromatic N) is 2. The molecule has 2 heterocycles. The minimum atomic E-state index is -3.20. The molecule has 1 aliphatic rings. The van der Waals surface area contributed by atoms with E-state index in [0.717, 1.165) is 18.4 Å². The summed E-state index contributed by atoms with van der Waals surface area (Å²) in [5, 5.41) is 1.26. The fourth-order valence-electron chi connectivity index (χ4n) is 4.15. The van der Waals surface area contributed by atoms with Crippen LogP contribution in [0.1, 0.15) is 30.0 Å². The number of hydrogen-bond donors (Lipinski definition) is 0. The summed E-state index contributed by atoms with van der Waals surface area (Å²) in [6, 6.07) is 20.5. The van der Waals surface area contributed by atoms with Crippen LogP contribution in [-0.4, -0.2) is 36.1 Å². The Balaban J connectivity index is 1.41. The van der Waals surface area contributed by atoms with Gasteiger partial charge in [-0.3, -0.25) is 0 Å². The predicted molar refractivity (Wildman–Crippen MR) is 110 cm³/mol. The van der Waals surface area contributed by atoms with Gasteiger partial charge in [-0.25, -0.2) is 12.7 Å². The Labute approximate surface area is 161 Å². The molecule has 1 fully saturated rings. The highest BCUT2D eigenvalue weighted by molar-refractivity contribution is 7.89. The SMILES string of the molecule is Cn1c(C2CCN(S(=O)(=O)CCc3ccccc3)CC2)cc2ccccc21. The van der Waals surface area contributed by atoms with Gasteiger partial charge in [-0.2, -0.15) is 0 Å². The smallest absolute Gasteiger partial charge is 0.214 e. The van der Waals surface area contributed by atoms with Gasteiger partial charge >= 0.3 is 0 Å². The molecule has 0 amide bonds. The highest BCUT2D eigenvalue weighted by Crippen LogP contribution is 2.32. The van der Waals surface area contributed by atoms with Crippen molar-refractivity contribution in [2.24, 2.45) is 7.05 Å². The second kappa shape index (κ2) is 7.49. The number of hydrogen-bond acceptors (Lipinski definition) is 2. The summed E-state index contributed by atoms with van der Waals surface area (Å²) in [6.07, 6.45) is 2.34. The van der Waals surface area contributed by atoms with Crippen molar-refractivity contribution in [3.05, 3.63) is 71.9 Å². The molecule has 0 atom stereocenters. The van der Waals surface area contributed by atoms with Crippen LogP contribution in [-0.2, 0) is 23.5 Å². The van der Waals surface area contributed by atoms with Crippen molar-refractivity contribution in [2.75, 3.05) is 18.8 Å². The molecule has 0 spiro atoms. The first kappa shape index (κ1) is 18.3. The first-order valence-corrected chi connectivity index (χ1v) is 11.2. The summed E-state index contributed by atoms with van der Waals surface area (Å²) in [4.78, 5) is 0. The van der Waals surface area contributed by atoms with Crippen LogP contribution in [0, 0.1) is 0 Å². The summed E-state index contributed by atoms with van der Waals surface area (Å²) < 4.78 is 29.4. The molecule has 1 aliphatic heterocycles. The maximum Gasteiger partial charge on any atom is 0.214 e. The minimum absolute atomic E-state index is 0.190. The number of aryl methyl sites for hydroxylation is 2. The molecule has 0 aliphatic carbocycles. The van der Waals surface area contributed by atoms with Crippen LogP contribution in [0.15, 0.2) is 60.7 Å². The highest BCUT2D eigenvalue weighted by atomic mass is 32.2. The summed E-state index contributed by atoms with van der Waals surface area (Å²) in [5.74, 6) is 0.610. The quantitative estimate of drug-likeness (QED) is 0.671. The van der Waals surface area contributed by atoms with Gasteiger partial charge in [-0.05, 0) is 42.3 Å². The maximum absolute atomic E-state index is 12.7. The van der Waals surface area contributed by atoms with E-state index in [1.165, 1.54) is 16.6 Å². The van der Waals surface area contributed by atoms with Gasteiger partial charge in [0, 0.05) is 37.3 Å². The van der Waals surface area contributed by atoms with Gasteiger partial charge in [-0.1, -0.05) is 48.5 Å². The lowest BCUT2D eigenvalue weighted by molar-refractivity contribution is 0.314. The number of benzene rings is 2. The average molecular weight is 383 g/mol. The summed E-state index contributed by atoms with van der Waals surface area (Å²) >= 11 is 0. The fraction of sp³-hybridized carbons (Fsp3) is 0.364. The molecule has 0 unspecified atom stereocenters. The molecule has 142 valence electrons. The van der Waals surface area contributed by atoms with Crippen LogP contribution >= 0.6 is 0 Å². The van der Waals surface area contributed by atoms with Crippen molar-refractivity contribution in [3.63, 3.8) is 0 Å². The van der Waals surface area contributed by atoms with Crippen molar-refractivity contribution in [3.8, 4) is 0 Å². The molecule has 0 bridgehead atoms. The first-order chi connectivity index (χ1) is 13.0. The van der Waals surface area contributed by atoms with Gasteiger partial charge in [-0.15, -0.1) is 0 Å². The van der Waals surface area contributed by atoms with E-state index in [9.17, 15) is 8.42 Å². The summed E-state index contributed by atoms with van der Waals surface area (Å²) in [5.41, 5.74) is 3.63. The first-order valence-electron chi connectivity index (χ1n) is 9.61. The Morgan fingerprint density at radius 3 is 2.33 bits per heavy atom. The van der Waals surface area contributed by atoms with Crippen molar-refractivity contribution < 1.29 is 8.42 Å². The topological polar surface area (TPSA) is 42.3 Å². The van der Waals surface area contributed by atoms with Gasteiger partial charge < -0.3 is 4.57 Å². The van der Waals surface area contributed by atoms with E-state index in [1.807, 2.05) is 30.3 Å². The van der Waals surface area contributed by atoms with E-state index >= 15 is 0 Å². The van der Waals surface area contributed by atoms with E-state index in [4.69, 9.17) is 0 Å². The molecule has 1 aromatic heterocycles. The lowest BCUT2D eigenvalue weighted by Crippen LogP contribution is -2.39. The molecule has 27 heavy (non-hydrogen) atoms. The second-order valence-corrected chi connectivity index (χ2v) is 9.50. The zero-order valence-corrected chi connectivity index (χ0v) is 16.5. The largest absolute Gasteiger partial charge is 0.347 e. The number of piperidine rings is 1. The Bertz CT molecular complexity index is 1020. The maximum atomic E-state index is 12.7. The van der Waals surface area contributed by atoms with E-state index in [2.05, 4.69) is 41.9 Å². The molecule has 0 saturated carbocycles. The monoisotopic (exact) mass is 382 g/mol.